The van der Waals surface area contributed by atoms with Crippen molar-refractivity contribution in [1.29, 1.82) is 0 Å². The molecule has 6 nitrogen and oxygen atoms in total. The lowest BCUT2D eigenvalue weighted by atomic mass is 10.2. The fourth-order valence-electron chi connectivity index (χ4n) is 2.78. The van der Waals surface area contributed by atoms with Gasteiger partial charge in [0.1, 0.15) is 12.4 Å². The van der Waals surface area contributed by atoms with E-state index in [1.54, 1.807) is 39.8 Å². The Morgan fingerprint density at radius 1 is 1.09 bits per heavy atom. The molecule has 2 heterocycles. The standard InChI is InChI=1S/C15H18ClN3O3/c1-11(20)17-4-6-18(7-5-17)15(21)19-8-9-22-14-10-12(16)2-3-13(14)19/h2-3,10H,4-9H2,1H3. The Morgan fingerprint density at radius 3 is 2.45 bits per heavy atom. The molecular weight excluding hydrogens is 306 g/mol. The van der Waals surface area contributed by atoms with Crippen molar-refractivity contribution in [3.05, 3.63) is 23.2 Å². The summed E-state index contributed by atoms with van der Waals surface area (Å²) in [4.78, 5) is 29.4. The molecule has 1 aromatic rings. The SMILES string of the molecule is CC(=O)N1CCN(C(=O)N2CCOc3cc(Cl)ccc32)CC1. The normalized spacial score (nSPS) is 17.8. The van der Waals surface area contributed by atoms with Crippen molar-refractivity contribution in [2.75, 3.05) is 44.2 Å². The van der Waals surface area contributed by atoms with Gasteiger partial charge in [-0.2, -0.15) is 0 Å². The summed E-state index contributed by atoms with van der Waals surface area (Å²) in [7, 11) is 0. The van der Waals surface area contributed by atoms with Gasteiger partial charge in [0, 0.05) is 44.2 Å². The van der Waals surface area contributed by atoms with Crippen LogP contribution in [0, 0.1) is 0 Å². The van der Waals surface area contributed by atoms with Crippen LogP contribution in [0.25, 0.3) is 0 Å². The van der Waals surface area contributed by atoms with Gasteiger partial charge in [0.15, 0.2) is 0 Å². The predicted molar refractivity (Wildman–Crippen MR) is 83.5 cm³/mol. The summed E-state index contributed by atoms with van der Waals surface area (Å²) in [5.74, 6) is 0.688. The number of amides is 3. The Bertz CT molecular complexity index is 600. The molecule has 0 bridgehead atoms. The molecule has 2 aliphatic rings. The molecule has 0 aromatic heterocycles. The van der Waals surface area contributed by atoms with Gasteiger partial charge >= 0.3 is 6.03 Å². The second kappa shape index (κ2) is 6.04. The van der Waals surface area contributed by atoms with Crippen LogP contribution < -0.4 is 9.64 Å². The molecule has 0 saturated carbocycles. The van der Waals surface area contributed by atoms with Gasteiger partial charge in [-0.25, -0.2) is 4.79 Å². The lowest BCUT2D eigenvalue weighted by molar-refractivity contribution is -0.130. The van der Waals surface area contributed by atoms with Crippen molar-refractivity contribution in [1.82, 2.24) is 9.80 Å². The molecule has 0 spiro atoms. The number of fused-ring (bicyclic) bond motifs is 1. The van der Waals surface area contributed by atoms with Crippen LogP contribution in [0.5, 0.6) is 5.75 Å². The minimum Gasteiger partial charge on any atom is -0.489 e. The number of hydrogen-bond acceptors (Lipinski definition) is 3. The van der Waals surface area contributed by atoms with E-state index >= 15 is 0 Å². The summed E-state index contributed by atoms with van der Waals surface area (Å²) in [5.41, 5.74) is 0.745. The van der Waals surface area contributed by atoms with Gasteiger partial charge in [0.25, 0.3) is 0 Å². The van der Waals surface area contributed by atoms with Crippen LogP contribution >= 0.6 is 11.6 Å². The Labute approximate surface area is 134 Å². The first-order chi connectivity index (χ1) is 10.6. The average Bonchev–Trinajstić information content (AvgIpc) is 2.53. The Morgan fingerprint density at radius 2 is 1.77 bits per heavy atom. The largest absolute Gasteiger partial charge is 0.489 e. The van der Waals surface area contributed by atoms with Gasteiger partial charge in [-0.3, -0.25) is 9.69 Å². The third-order valence-electron chi connectivity index (χ3n) is 4.01. The molecule has 0 N–H and O–H groups in total. The number of hydrogen-bond donors (Lipinski definition) is 0. The molecule has 3 rings (SSSR count). The molecule has 1 fully saturated rings. The van der Waals surface area contributed by atoms with Gasteiger partial charge < -0.3 is 14.5 Å². The van der Waals surface area contributed by atoms with E-state index in [0.717, 1.165) is 5.69 Å². The number of halogens is 1. The van der Waals surface area contributed by atoms with Crippen LogP contribution in [-0.4, -0.2) is 61.1 Å². The summed E-state index contributed by atoms with van der Waals surface area (Å²) in [5, 5.41) is 0.586. The minimum absolute atomic E-state index is 0.0462. The van der Waals surface area contributed by atoms with Crippen LogP contribution in [0.15, 0.2) is 18.2 Å². The molecule has 1 aromatic carbocycles. The second-order valence-corrected chi connectivity index (χ2v) is 5.82. The van der Waals surface area contributed by atoms with Crippen LogP contribution in [0.2, 0.25) is 5.02 Å². The van der Waals surface area contributed by atoms with E-state index in [0.29, 0.717) is 50.1 Å². The van der Waals surface area contributed by atoms with Crippen LogP contribution in [0.4, 0.5) is 10.5 Å². The quantitative estimate of drug-likeness (QED) is 0.732. The van der Waals surface area contributed by atoms with Crippen molar-refractivity contribution in [3.63, 3.8) is 0 Å². The number of piperazine rings is 1. The monoisotopic (exact) mass is 323 g/mol. The zero-order valence-electron chi connectivity index (χ0n) is 12.4. The number of carbonyl (C=O) groups excluding carboxylic acids is 2. The van der Waals surface area contributed by atoms with E-state index in [1.807, 2.05) is 0 Å². The van der Waals surface area contributed by atoms with Gasteiger partial charge in [0.2, 0.25) is 5.91 Å². The van der Waals surface area contributed by atoms with E-state index in [-0.39, 0.29) is 11.9 Å². The number of rotatable bonds is 0. The summed E-state index contributed by atoms with van der Waals surface area (Å²) in [6.07, 6.45) is 0. The molecule has 0 unspecified atom stereocenters. The molecule has 0 radical (unpaired) electrons. The highest BCUT2D eigenvalue weighted by Crippen LogP contribution is 2.34. The number of nitrogens with zero attached hydrogens (tertiary/aromatic N) is 3. The topological polar surface area (TPSA) is 53.1 Å². The first-order valence-corrected chi connectivity index (χ1v) is 7.68. The summed E-state index contributed by atoms with van der Waals surface area (Å²) in [6, 6.07) is 5.24. The minimum atomic E-state index is -0.0462. The number of benzene rings is 1. The molecule has 22 heavy (non-hydrogen) atoms. The van der Waals surface area contributed by atoms with Crippen molar-refractivity contribution in [2.24, 2.45) is 0 Å². The highest BCUT2D eigenvalue weighted by Gasteiger charge is 2.30. The van der Waals surface area contributed by atoms with Crippen LogP contribution in [0.1, 0.15) is 6.92 Å². The van der Waals surface area contributed by atoms with Crippen molar-refractivity contribution < 1.29 is 14.3 Å². The van der Waals surface area contributed by atoms with Gasteiger partial charge in [-0.1, -0.05) is 11.6 Å². The van der Waals surface area contributed by atoms with Crippen molar-refractivity contribution in [3.8, 4) is 5.75 Å². The maximum absolute atomic E-state index is 12.7. The maximum atomic E-state index is 12.7. The Hall–Kier alpha value is -1.95. The number of urea groups is 1. The number of carbonyl (C=O) groups is 2. The van der Waals surface area contributed by atoms with Crippen LogP contribution in [0.3, 0.4) is 0 Å². The van der Waals surface area contributed by atoms with Crippen LogP contribution in [-0.2, 0) is 4.79 Å². The van der Waals surface area contributed by atoms with E-state index in [4.69, 9.17) is 16.3 Å². The lowest BCUT2D eigenvalue weighted by Crippen LogP contribution is -2.55. The van der Waals surface area contributed by atoms with E-state index < -0.39 is 0 Å². The second-order valence-electron chi connectivity index (χ2n) is 5.39. The van der Waals surface area contributed by atoms with E-state index in [2.05, 4.69) is 0 Å². The van der Waals surface area contributed by atoms with Gasteiger partial charge in [-0.05, 0) is 12.1 Å². The first-order valence-electron chi connectivity index (χ1n) is 7.30. The summed E-state index contributed by atoms with van der Waals surface area (Å²) in [6.45, 7) is 4.79. The zero-order chi connectivity index (χ0) is 15.7. The maximum Gasteiger partial charge on any atom is 0.324 e. The molecule has 2 aliphatic heterocycles. The molecular formula is C15H18ClN3O3. The third kappa shape index (κ3) is 2.83. The zero-order valence-corrected chi connectivity index (χ0v) is 13.2. The van der Waals surface area contributed by atoms with E-state index in [9.17, 15) is 9.59 Å². The smallest absolute Gasteiger partial charge is 0.324 e. The first kappa shape index (κ1) is 15.0. The van der Waals surface area contributed by atoms with Gasteiger partial charge in [-0.15, -0.1) is 0 Å². The van der Waals surface area contributed by atoms with Crippen molar-refractivity contribution >= 4 is 29.2 Å². The molecule has 118 valence electrons. The molecule has 1 saturated heterocycles. The van der Waals surface area contributed by atoms with Gasteiger partial charge in [0.05, 0.1) is 12.2 Å². The fourth-order valence-corrected chi connectivity index (χ4v) is 2.94. The highest BCUT2D eigenvalue weighted by molar-refractivity contribution is 6.30. The molecule has 3 amide bonds. The number of ether oxygens (including phenoxy) is 1. The molecule has 0 aliphatic carbocycles. The molecule has 7 heteroatoms. The third-order valence-corrected chi connectivity index (χ3v) is 4.25. The fraction of sp³-hybridized carbons (Fsp3) is 0.467. The lowest BCUT2D eigenvalue weighted by Gasteiger charge is -2.38. The average molecular weight is 324 g/mol. The summed E-state index contributed by atoms with van der Waals surface area (Å²) < 4.78 is 5.57. The van der Waals surface area contributed by atoms with E-state index in [1.165, 1.54) is 0 Å². The Balaban J connectivity index is 1.73. The Kier molecular flexibility index (Phi) is 4.11. The molecule has 0 atom stereocenters. The highest BCUT2D eigenvalue weighted by atomic mass is 35.5. The number of anilines is 1. The summed E-state index contributed by atoms with van der Waals surface area (Å²) >= 11 is 5.97. The predicted octanol–water partition coefficient (Wildman–Crippen LogP) is 1.82. The van der Waals surface area contributed by atoms with Crippen molar-refractivity contribution in [2.45, 2.75) is 6.92 Å².